The highest BCUT2D eigenvalue weighted by atomic mass is 16.5. The molecule has 0 unspecified atom stereocenters. The number of ether oxygens (including phenoxy) is 1. The highest BCUT2D eigenvalue weighted by Crippen LogP contribution is 2.20. The zero-order chi connectivity index (χ0) is 11.9. The summed E-state index contributed by atoms with van der Waals surface area (Å²) in [6.07, 6.45) is 4.23. The largest absolute Gasteiger partial charge is 0.381 e. The quantitative estimate of drug-likeness (QED) is 0.789. The van der Waals surface area contributed by atoms with Crippen LogP contribution in [0.2, 0.25) is 0 Å². The third-order valence-corrected chi connectivity index (χ3v) is 3.28. The van der Waals surface area contributed by atoms with Crippen molar-refractivity contribution in [3.63, 3.8) is 0 Å². The molecule has 1 N–H and O–H groups in total. The molecule has 0 aromatic heterocycles. The Bertz CT molecular complexity index is 342. The molecule has 0 spiro atoms. The minimum Gasteiger partial charge on any atom is -0.381 e. The Morgan fingerprint density at radius 1 is 1.18 bits per heavy atom. The monoisotopic (exact) mass is 233 g/mol. The van der Waals surface area contributed by atoms with Crippen LogP contribution < -0.4 is 5.32 Å². The van der Waals surface area contributed by atoms with Gasteiger partial charge in [0, 0.05) is 19.8 Å². The van der Waals surface area contributed by atoms with Gasteiger partial charge in [-0.3, -0.25) is 4.79 Å². The van der Waals surface area contributed by atoms with Crippen LogP contribution >= 0.6 is 0 Å². The van der Waals surface area contributed by atoms with E-state index < -0.39 is 0 Å². The molecule has 3 heteroatoms. The van der Waals surface area contributed by atoms with Crippen LogP contribution in [0, 0.1) is 5.92 Å². The van der Waals surface area contributed by atoms with Crippen molar-refractivity contribution >= 4 is 6.41 Å². The standard InChI is InChI=1S/C14H19NO2/c16-11-15-10-14-3-1-12(2-4-14)9-13-5-7-17-8-6-13/h1-4,11,13H,5-10H2,(H,15,16). The van der Waals surface area contributed by atoms with Crippen LogP contribution in [0.1, 0.15) is 24.0 Å². The zero-order valence-corrected chi connectivity index (χ0v) is 10.0. The molecule has 1 aromatic rings. The molecule has 3 nitrogen and oxygen atoms in total. The van der Waals surface area contributed by atoms with Gasteiger partial charge >= 0.3 is 0 Å². The number of rotatable bonds is 5. The van der Waals surface area contributed by atoms with Crippen LogP contribution in [-0.4, -0.2) is 19.6 Å². The van der Waals surface area contributed by atoms with Gasteiger partial charge in [0.15, 0.2) is 0 Å². The highest BCUT2D eigenvalue weighted by Gasteiger charge is 2.13. The first-order valence-corrected chi connectivity index (χ1v) is 6.21. The molecule has 92 valence electrons. The molecule has 0 radical (unpaired) electrons. The van der Waals surface area contributed by atoms with E-state index in [2.05, 4.69) is 29.6 Å². The number of amides is 1. The van der Waals surface area contributed by atoms with E-state index in [9.17, 15) is 4.79 Å². The molecular formula is C14H19NO2. The van der Waals surface area contributed by atoms with Crippen molar-refractivity contribution < 1.29 is 9.53 Å². The molecule has 1 saturated heterocycles. The lowest BCUT2D eigenvalue weighted by Crippen LogP contribution is -2.17. The summed E-state index contributed by atoms with van der Waals surface area (Å²) in [6, 6.07) is 8.50. The summed E-state index contributed by atoms with van der Waals surface area (Å²) in [5.41, 5.74) is 2.53. The molecule has 17 heavy (non-hydrogen) atoms. The maximum absolute atomic E-state index is 10.2. The first-order chi connectivity index (χ1) is 8.38. The predicted molar refractivity (Wildman–Crippen MR) is 66.6 cm³/mol. The van der Waals surface area contributed by atoms with Crippen LogP contribution in [0.5, 0.6) is 0 Å². The van der Waals surface area contributed by atoms with E-state index in [0.29, 0.717) is 6.54 Å². The normalized spacial score (nSPS) is 16.7. The molecule has 1 amide bonds. The number of nitrogens with one attached hydrogen (secondary N) is 1. The average Bonchev–Trinajstić information content (AvgIpc) is 2.39. The smallest absolute Gasteiger partial charge is 0.207 e. The molecule has 0 atom stereocenters. The molecular weight excluding hydrogens is 214 g/mol. The van der Waals surface area contributed by atoms with Gasteiger partial charge in [-0.15, -0.1) is 0 Å². The predicted octanol–water partition coefficient (Wildman–Crippen LogP) is 1.90. The van der Waals surface area contributed by atoms with E-state index in [1.807, 2.05) is 0 Å². The summed E-state index contributed by atoms with van der Waals surface area (Å²) in [5, 5.41) is 2.67. The fourth-order valence-electron chi connectivity index (χ4n) is 2.24. The van der Waals surface area contributed by atoms with Gasteiger partial charge in [0.25, 0.3) is 0 Å². The Morgan fingerprint density at radius 3 is 2.47 bits per heavy atom. The fraction of sp³-hybridized carbons (Fsp3) is 0.500. The Hall–Kier alpha value is -1.35. The van der Waals surface area contributed by atoms with Crippen molar-refractivity contribution in [2.45, 2.75) is 25.8 Å². The number of hydrogen-bond donors (Lipinski definition) is 1. The van der Waals surface area contributed by atoms with Gasteiger partial charge in [-0.1, -0.05) is 24.3 Å². The lowest BCUT2D eigenvalue weighted by atomic mass is 9.92. The van der Waals surface area contributed by atoms with Crippen molar-refractivity contribution in [1.82, 2.24) is 5.32 Å². The minimum atomic E-state index is 0.612. The molecule has 0 bridgehead atoms. The van der Waals surface area contributed by atoms with Gasteiger partial charge < -0.3 is 10.1 Å². The molecule has 1 aromatic carbocycles. The van der Waals surface area contributed by atoms with Crippen molar-refractivity contribution in [1.29, 1.82) is 0 Å². The van der Waals surface area contributed by atoms with Crippen LogP contribution in [0.15, 0.2) is 24.3 Å². The van der Waals surface area contributed by atoms with Gasteiger partial charge in [-0.2, -0.15) is 0 Å². The Balaban J connectivity index is 1.86. The van der Waals surface area contributed by atoms with Crippen LogP contribution in [0.25, 0.3) is 0 Å². The third-order valence-electron chi connectivity index (χ3n) is 3.28. The SMILES string of the molecule is O=CNCc1ccc(CC2CCOCC2)cc1. The first kappa shape index (κ1) is 12.1. The van der Waals surface area contributed by atoms with Crippen molar-refractivity contribution in [3.05, 3.63) is 35.4 Å². The van der Waals surface area contributed by atoms with Crippen LogP contribution in [0.4, 0.5) is 0 Å². The Labute approximate surface area is 102 Å². The van der Waals surface area contributed by atoms with Crippen molar-refractivity contribution in [2.75, 3.05) is 13.2 Å². The van der Waals surface area contributed by atoms with Gasteiger partial charge in [-0.25, -0.2) is 0 Å². The van der Waals surface area contributed by atoms with Gasteiger partial charge in [-0.05, 0) is 36.3 Å². The van der Waals surface area contributed by atoms with E-state index >= 15 is 0 Å². The van der Waals surface area contributed by atoms with E-state index in [1.54, 1.807) is 0 Å². The lowest BCUT2D eigenvalue weighted by molar-refractivity contribution is -0.109. The van der Waals surface area contributed by atoms with Gasteiger partial charge in [0.1, 0.15) is 0 Å². The van der Waals surface area contributed by atoms with E-state index in [1.165, 1.54) is 18.4 Å². The molecule has 1 fully saturated rings. The number of carbonyl (C=O) groups is 1. The minimum absolute atomic E-state index is 0.612. The molecule has 1 aliphatic heterocycles. The van der Waals surface area contributed by atoms with E-state index in [-0.39, 0.29) is 0 Å². The van der Waals surface area contributed by atoms with Gasteiger partial charge in [0.05, 0.1) is 0 Å². The topological polar surface area (TPSA) is 38.3 Å². The number of hydrogen-bond acceptors (Lipinski definition) is 2. The zero-order valence-electron chi connectivity index (χ0n) is 10.0. The van der Waals surface area contributed by atoms with Crippen LogP contribution in [0.3, 0.4) is 0 Å². The maximum Gasteiger partial charge on any atom is 0.207 e. The summed E-state index contributed by atoms with van der Waals surface area (Å²) >= 11 is 0. The second-order valence-corrected chi connectivity index (χ2v) is 4.58. The summed E-state index contributed by atoms with van der Waals surface area (Å²) < 4.78 is 5.36. The highest BCUT2D eigenvalue weighted by molar-refractivity contribution is 5.46. The second kappa shape index (κ2) is 6.40. The van der Waals surface area contributed by atoms with Crippen molar-refractivity contribution in [3.8, 4) is 0 Å². The van der Waals surface area contributed by atoms with Gasteiger partial charge in [0.2, 0.25) is 6.41 Å². The summed E-state index contributed by atoms with van der Waals surface area (Å²) in [4.78, 5) is 10.2. The van der Waals surface area contributed by atoms with E-state index in [4.69, 9.17) is 4.74 Å². The first-order valence-electron chi connectivity index (χ1n) is 6.21. The second-order valence-electron chi connectivity index (χ2n) is 4.58. The summed E-state index contributed by atoms with van der Waals surface area (Å²) in [6.45, 7) is 2.43. The lowest BCUT2D eigenvalue weighted by Gasteiger charge is -2.21. The maximum atomic E-state index is 10.2. The molecule has 0 aliphatic carbocycles. The molecule has 2 rings (SSSR count). The van der Waals surface area contributed by atoms with E-state index in [0.717, 1.165) is 37.5 Å². The molecule has 1 heterocycles. The molecule has 0 saturated carbocycles. The average molecular weight is 233 g/mol. The third kappa shape index (κ3) is 3.86. The fourth-order valence-corrected chi connectivity index (χ4v) is 2.24. The number of benzene rings is 1. The summed E-state index contributed by atoms with van der Waals surface area (Å²) in [7, 11) is 0. The Morgan fingerprint density at radius 2 is 1.82 bits per heavy atom. The summed E-state index contributed by atoms with van der Waals surface area (Å²) in [5.74, 6) is 0.766. The number of carbonyl (C=O) groups excluding carboxylic acids is 1. The Kier molecular flexibility index (Phi) is 4.56. The van der Waals surface area contributed by atoms with Crippen molar-refractivity contribution in [2.24, 2.45) is 5.92 Å². The van der Waals surface area contributed by atoms with Crippen LogP contribution in [-0.2, 0) is 22.5 Å². The molecule has 1 aliphatic rings.